The van der Waals surface area contributed by atoms with E-state index >= 15 is 0 Å². The zero-order chi connectivity index (χ0) is 35.7. The van der Waals surface area contributed by atoms with E-state index in [0.717, 1.165) is 13.0 Å². The van der Waals surface area contributed by atoms with E-state index in [1.807, 2.05) is 0 Å². The summed E-state index contributed by atoms with van der Waals surface area (Å²) in [4.78, 5) is 11.4. The normalized spacial score (nSPS) is 32.6. The maximum Gasteiger partial charge on any atom is 0.302 e. The molecule has 10 N–H and O–H groups in total. The van der Waals surface area contributed by atoms with Crippen molar-refractivity contribution in [3.8, 4) is 34.5 Å². The number of hydrogen-bond donors (Lipinski definition) is 9. The van der Waals surface area contributed by atoms with Crippen LogP contribution in [-0.4, -0.2) is 146 Å². The smallest absolute Gasteiger partial charge is 0.302 e. The summed E-state index contributed by atoms with van der Waals surface area (Å²) in [5.74, 6) is -1.54. The van der Waals surface area contributed by atoms with Gasteiger partial charge < -0.3 is 83.9 Å². The number of aromatic hydroxyl groups is 3. The minimum absolute atomic E-state index is 0.00816. The van der Waals surface area contributed by atoms with E-state index in [1.54, 1.807) is 0 Å². The third-order valence-electron chi connectivity index (χ3n) is 8.21. The summed E-state index contributed by atoms with van der Waals surface area (Å²) < 4.78 is 43.3. The number of methoxy groups -OCH3 is 2. The highest BCUT2D eigenvalue weighted by Gasteiger charge is 2.48. The van der Waals surface area contributed by atoms with Crippen LogP contribution < -0.4 is 14.2 Å². The quantitative estimate of drug-likeness (QED) is 0.0960. The molecule has 49 heavy (non-hydrogen) atoms. The van der Waals surface area contributed by atoms with Crippen molar-refractivity contribution in [2.75, 3.05) is 27.4 Å². The Bertz CT molecular complexity index is 1500. The number of ether oxygens (including phenoxy) is 8. The molecule has 2 saturated heterocycles. The molecule has 18 nitrogen and oxygen atoms in total. The highest BCUT2D eigenvalue weighted by Crippen LogP contribution is 2.48. The lowest BCUT2D eigenvalue weighted by molar-refractivity contribution is -0.296. The van der Waals surface area contributed by atoms with Crippen molar-refractivity contribution in [2.24, 2.45) is 0 Å². The van der Waals surface area contributed by atoms with Crippen LogP contribution in [0.3, 0.4) is 0 Å². The Morgan fingerprint density at radius 1 is 0.776 bits per heavy atom. The topological polar surface area (TPSA) is 277 Å². The lowest BCUT2D eigenvalue weighted by Gasteiger charge is -2.41. The number of carbonyl (C=O) groups is 1. The van der Waals surface area contributed by atoms with E-state index in [0.29, 0.717) is 5.56 Å². The number of aliphatic hydroxyl groups excluding tert-OH is 7. The van der Waals surface area contributed by atoms with Crippen LogP contribution >= 0.6 is 0 Å². The zero-order valence-corrected chi connectivity index (χ0v) is 26.4. The summed E-state index contributed by atoms with van der Waals surface area (Å²) in [6, 6.07) is 5.25. The maximum absolute atomic E-state index is 11.4. The SMILES string of the molecule is COc1cc(C2[OH+]c3cc(O)cc(O[C@@H]4O[C@H](CO)[C@H](O)[C@H](O)[C@H]4O)c3C=C2O[C@@H]2O[C@H](COC(C)=O)[C@H](O)[C@H](O)[C@H]2O)cc(OC)c1O. The van der Waals surface area contributed by atoms with Crippen molar-refractivity contribution in [1.29, 1.82) is 0 Å². The van der Waals surface area contributed by atoms with E-state index in [-0.39, 0.29) is 45.8 Å². The van der Waals surface area contributed by atoms with Gasteiger partial charge in [-0.25, -0.2) is 0 Å². The van der Waals surface area contributed by atoms with Crippen molar-refractivity contribution < 1.29 is 88.6 Å². The number of benzene rings is 2. The molecule has 11 atom stereocenters. The lowest BCUT2D eigenvalue weighted by Crippen LogP contribution is -2.60. The maximum atomic E-state index is 11.4. The molecule has 18 heteroatoms. The lowest BCUT2D eigenvalue weighted by atomic mass is 9.98. The van der Waals surface area contributed by atoms with Crippen LogP contribution in [0.4, 0.5) is 0 Å². The standard InChI is InChI=1S/C31H38O18/c1-11(33)44-10-21-24(37)26(39)28(41)31(49-21)47-19-8-14-15(45-29(19)12-4-17(42-2)22(35)18(5-12)43-3)6-13(34)7-16(14)46-30-27(40)25(38)23(36)20(9-32)48-30/h4-8,20-21,23-32,34-41H,9-10H2,1-3H3/p+1/t20-,21-,23+,24+,25+,26+,27-,28-,29?,30-,31-/m1/s1. The van der Waals surface area contributed by atoms with Crippen LogP contribution in [0.25, 0.3) is 6.08 Å². The van der Waals surface area contributed by atoms with E-state index in [2.05, 4.69) is 0 Å². The molecule has 5 rings (SSSR count). The van der Waals surface area contributed by atoms with Crippen LogP contribution in [0.1, 0.15) is 24.2 Å². The van der Waals surface area contributed by atoms with E-state index in [9.17, 15) is 50.8 Å². The summed E-state index contributed by atoms with van der Waals surface area (Å²) in [7, 11) is 2.61. The van der Waals surface area contributed by atoms with Gasteiger partial charge in [-0.15, -0.1) is 0 Å². The second-order valence-electron chi connectivity index (χ2n) is 11.5. The molecule has 0 radical (unpaired) electrons. The monoisotopic (exact) mass is 699 g/mol. The fourth-order valence-corrected chi connectivity index (χ4v) is 5.56. The highest BCUT2D eigenvalue weighted by molar-refractivity contribution is 5.70. The molecule has 2 fully saturated rings. The van der Waals surface area contributed by atoms with Gasteiger partial charge in [-0.1, -0.05) is 0 Å². The number of phenolic OH excluding ortho intramolecular Hbond substituents is 2. The van der Waals surface area contributed by atoms with Gasteiger partial charge in [0.05, 0.1) is 32.5 Å². The third kappa shape index (κ3) is 7.28. The highest BCUT2D eigenvalue weighted by atomic mass is 16.7. The molecule has 0 aromatic heterocycles. The molecule has 3 aliphatic rings. The molecule has 0 bridgehead atoms. The summed E-state index contributed by atoms with van der Waals surface area (Å²) in [6.07, 6.45) is -16.3. The number of hydrogen-bond acceptors (Lipinski definition) is 17. The molecule has 0 spiro atoms. The Labute approximate surface area is 278 Å². The Morgan fingerprint density at radius 2 is 1.35 bits per heavy atom. The predicted molar refractivity (Wildman–Crippen MR) is 160 cm³/mol. The molecule has 0 amide bonds. The molecule has 270 valence electrons. The molecule has 3 aliphatic heterocycles. The number of esters is 1. The molecule has 1 unspecified atom stereocenters. The fraction of sp³-hybridized carbons (Fsp3) is 0.516. The number of aliphatic hydroxyl groups is 8. The predicted octanol–water partition coefficient (Wildman–Crippen LogP) is -1.98. The van der Waals surface area contributed by atoms with Crippen LogP contribution in [0.2, 0.25) is 0 Å². The minimum Gasteiger partial charge on any atom is -0.571 e. The summed E-state index contributed by atoms with van der Waals surface area (Å²) in [6.45, 7) is -0.0780. The molecule has 3 heterocycles. The average molecular weight is 700 g/mol. The van der Waals surface area contributed by atoms with Crippen LogP contribution in [0.15, 0.2) is 30.0 Å². The number of rotatable bonds is 10. The van der Waals surface area contributed by atoms with Gasteiger partial charge in [-0.05, 0) is 12.1 Å². The Balaban J connectivity index is 1.57. The second-order valence-corrected chi connectivity index (χ2v) is 11.5. The van der Waals surface area contributed by atoms with E-state index in [1.165, 1.54) is 38.5 Å². The van der Waals surface area contributed by atoms with Crippen molar-refractivity contribution in [1.82, 2.24) is 0 Å². The first-order chi connectivity index (χ1) is 23.3. The first-order valence-electron chi connectivity index (χ1n) is 15.0. The summed E-state index contributed by atoms with van der Waals surface area (Å²) in [5, 5.41) is 93.7. The molecule has 0 saturated carbocycles. The van der Waals surface area contributed by atoms with Gasteiger partial charge in [-0.2, -0.15) is 0 Å². The van der Waals surface area contributed by atoms with Crippen molar-refractivity contribution in [3.05, 3.63) is 41.2 Å². The van der Waals surface area contributed by atoms with Crippen LogP contribution in [0, 0.1) is 0 Å². The summed E-state index contributed by atoms with van der Waals surface area (Å²) in [5.41, 5.74) is 0.409. The number of carbonyl (C=O) groups excluding carboxylic acids is 1. The molecule has 2 aromatic carbocycles. The van der Waals surface area contributed by atoms with Gasteiger partial charge >= 0.3 is 5.97 Å². The van der Waals surface area contributed by atoms with Crippen molar-refractivity contribution in [2.45, 2.75) is 74.4 Å². The Hall–Kier alpha value is -4.11. The Kier molecular flexibility index (Phi) is 10.9. The van der Waals surface area contributed by atoms with Gasteiger partial charge in [0.25, 0.3) is 11.9 Å². The van der Waals surface area contributed by atoms with Gasteiger partial charge in [0.15, 0.2) is 17.3 Å². The van der Waals surface area contributed by atoms with Crippen molar-refractivity contribution >= 4 is 12.0 Å². The van der Waals surface area contributed by atoms with E-state index < -0.39 is 86.7 Å². The Morgan fingerprint density at radius 3 is 1.92 bits per heavy atom. The third-order valence-corrected chi connectivity index (χ3v) is 8.21. The average Bonchev–Trinajstić information content (AvgIpc) is 3.08. The van der Waals surface area contributed by atoms with E-state index in [4.69, 9.17) is 37.9 Å². The number of fused-ring (bicyclic) bond motifs is 1. The first kappa shape index (κ1) is 36.2. The van der Waals surface area contributed by atoms with Crippen LogP contribution in [-0.2, 0) is 23.7 Å². The van der Waals surface area contributed by atoms with Gasteiger partial charge in [0.1, 0.15) is 72.5 Å². The van der Waals surface area contributed by atoms with Gasteiger partial charge in [-0.3, -0.25) is 4.79 Å². The van der Waals surface area contributed by atoms with Gasteiger partial charge in [0, 0.05) is 19.1 Å². The number of phenols is 2. The van der Waals surface area contributed by atoms with Crippen molar-refractivity contribution in [3.63, 3.8) is 0 Å². The minimum atomic E-state index is -1.83. The summed E-state index contributed by atoms with van der Waals surface area (Å²) >= 11 is 0. The zero-order valence-electron chi connectivity index (χ0n) is 26.4. The van der Waals surface area contributed by atoms with Gasteiger partial charge in [0.2, 0.25) is 18.3 Å². The molecule has 0 aliphatic carbocycles. The largest absolute Gasteiger partial charge is 0.571 e. The second kappa shape index (κ2) is 14.8. The fourth-order valence-electron chi connectivity index (χ4n) is 5.56. The molecular weight excluding hydrogens is 660 g/mol. The molecular formula is C31H39O18+. The first-order valence-corrected chi connectivity index (χ1v) is 15.0. The molecule has 2 aromatic rings. The van der Waals surface area contributed by atoms with Crippen LogP contribution in [0.5, 0.6) is 34.5 Å².